The Labute approximate surface area is 96.5 Å². The van der Waals surface area contributed by atoms with E-state index in [-0.39, 0.29) is 5.91 Å². The number of fused-ring (bicyclic) bond motifs is 3. The molecule has 4 nitrogen and oxygen atoms in total. The van der Waals surface area contributed by atoms with Gasteiger partial charge in [0.25, 0.3) is 0 Å². The fourth-order valence-electron chi connectivity index (χ4n) is 3.28. The van der Waals surface area contributed by atoms with E-state index >= 15 is 0 Å². The zero-order valence-electron chi connectivity index (χ0n) is 9.74. The Balaban J connectivity index is 1.75. The van der Waals surface area contributed by atoms with Crippen LogP contribution in [0.2, 0.25) is 0 Å². The third-order valence-electron chi connectivity index (χ3n) is 4.60. The minimum absolute atomic E-state index is 0.137. The number of nitrogens with zero attached hydrogens (tertiary/aromatic N) is 1. The van der Waals surface area contributed by atoms with Crippen molar-refractivity contribution in [1.82, 2.24) is 10.2 Å². The number of carbonyl (C=O) groups is 1. The standard InChI is InChI=1S/C12H21N3O/c13-11(16)12(14-7-9-1-2-9)8-15-5-3-10(12)4-6-15/h9-10,14H,1-8H2,(H2,13,16). The van der Waals surface area contributed by atoms with Crippen molar-refractivity contribution >= 4 is 5.91 Å². The quantitative estimate of drug-likeness (QED) is 0.702. The summed E-state index contributed by atoms with van der Waals surface area (Å²) in [6, 6.07) is 0. The van der Waals surface area contributed by atoms with Crippen LogP contribution in [0.25, 0.3) is 0 Å². The minimum atomic E-state index is -0.418. The Hall–Kier alpha value is -0.610. The van der Waals surface area contributed by atoms with E-state index in [9.17, 15) is 4.79 Å². The van der Waals surface area contributed by atoms with Crippen LogP contribution in [0.5, 0.6) is 0 Å². The van der Waals surface area contributed by atoms with E-state index in [0.29, 0.717) is 5.92 Å². The van der Waals surface area contributed by atoms with Crippen LogP contribution in [0, 0.1) is 11.8 Å². The van der Waals surface area contributed by atoms with Gasteiger partial charge in [-0.05, 0) is 57.2 Å². The van der Waals surface area contributed by atoms with E-state index in [2.05, 4.69) is 10.2 Å². The topological polar surface area (TPSA) is 58.4 Å². The summed E-state index contributed by atoms with van der Waals surface area (Å²) >= 11 is 0. The van der Waals surface area contributed by atoms with Crippen LogP contribution < -0.4 is 11.1 Å². The lowest BCUT2D eigenvalue weighted by atomic mass is 9.72. The number of nitrogens with two attached hydrogens (primary N) is 1. The van der Waals surface area contributed by atoms with Crippen molar-refractivity contribution < 1.29 is 4.79 Å². The number of amides is 1. The van der Waals surface area contributed by atoms with Crippen molar-refractivity contribution in [2.75, 3.05) is 26.2 Å². The van der Waals surface area contributed by atoms with E-state index < -0.39 is 5.54 Å². The molecule has 4 rings (SSSR count). The smallest absolute Gasteiger partial charge is 0.239 e. The highest BCUT2D eigenvalue weighted by Gasteiger charge is 2.50. The first-order chi connectivity index (χ1) is 7.71. The second-order valence-electron chi connectivity index (χ2n) is 5.71. The van der Waals surface area contributed by atoms with E-state index in [1.165, 1.54) is 12.8 Å². The van der Waals surface area contributed by atoms with Gasteiger partial charge in [-0.2, -0.15) is 0 Å². The van der Waals surface area contributed by atoms with Crippen molar-refractivity contribution in [2.24, 2.45) is 17.6 Å². The molecule has 90 valence electrons. The maximum atomic E-state index is 11.8. The zero-order chi connectivity index (χ0) is 11.2. The second kappa shape index (κ2) is 3.70. The van der Waals surface area contributed by atoms with Crippen molar-refractivity contribution in [3.63, 3.8) is 0 Å². The monoisotopic (exact) mass is 223 g/mol. The first-order valence-corrected chi connectivity index (χ1v) is 6.48. The zero-order valence-corrected chi connectivity index (χ0v) is 9.74. The number of rotatable bonds is 4. The molecule has 16 heavy (non-hydrogen) atoms. The molecule has 1 atom stereocenters. The van der Waals surface area contributed by atoms with Crippen LogP contribution >= 0.6 is 0 Å². The summed E-state index contributed by atoms with van der Waals surface area (Å²) in [6.07, 6.45) is 4.88. The molecule has 1 saturated carbocycles. The lowest BCUT2D eigenvalue weighted by molar-refractivity contribution is -0.133. The molecule has 4 fully saturated rings. The molecule has 3 heterocycles. The number of hydrogen-bond donors (Lipinski definition) is 2. The SMILES string of the molecule is NC(=O)C1(NCC2CC2)CN2CCC1CC2. The Morgan fingerprint density at radius 3 is 2.44 bits per heavy atom. The van der Waals surface area contributed by atoms with E-state index in [4.69, 9.17) is 5.73 Å². The predicted molar refractivity (Wildman–Crippen MR) is 61.8 cm³/mol. The van der Waals surface area contributed by atoms with Crippen molar-refractivity contribution in [1.29, 1.82) is 0 Å². The van der Waals surface area contributed by atoms with Gasteiger partial charge in [-0.3, -0.25) is 4.79 Å². The summed E-state index contributed by atoms with van der Waals surface area (Å²) in [5.41, 5.74) is 5.25. The fraction of sp³-hybridized carbons (Fsp3) is 0.917. The molecule has 2 bridgehead atoms. The Bertz CT molecular complexity index is 295. The van der Waals surface area contributed by atoms with Crippen molar-refractivity contribution in [3.05, 3.63) is 0 Å². The van der Waals surface area contributed by atoms with Crippen LogP contribution in [0.3, 0.4) is 0 Å². The summed E-state index contributed by atoms with van der Waals surface area (Å²) in [4.78, 5) is 14.2. The first kappa shape index (κ1) is 10.5. The van der Waals surface area contributed by atoms with Gasteiger partial charge in [-0.15, -0.1) is 0 Å². The highest BCUT2D eigenvalue weighted by atomic mass is 16.1. The molecule has 3 saturated heterocycles. The van der Waals surface area contributed by atoms with Gasteiger partial charge in [0.15, 0.2) is 0 Å². The molecule has 4 aliphatic rings. The van der Waals surface area contributed by atoms with Gasteiger partial charge in [0, 0.05) is 6.54 Å². The van der Waals surface area contributed by atoms with Gasteiger partial charge in [0.1, 0.15) is 5.54 Å². The van der Waals surface area contributed by atoms with Gasteiger partial charge < -0.3 is 16.0 Å². The molecule has 0 aromatic carbocycles. The molecule has 4 heteroatoms. The normalized spacial score (nSPS) is 42.2. The third kappa shape index (κ3) is 1.64. The molecule has 1 aliphatic carbocycles. The molecule has 3 N–H and O–H groups in total. The minimum Gasteiger partial charge on any atom is -0.368 e. The number of hydrogen-bond acceptors (Lipinski definition) is 3. The van der Waals surface area contributed by atoms with Crippen LogP contribution in [-0.4, -0.2) is 42.5 Å². The third-order valence-corrected chi connectivity index (χ3v) is 4.60. The molecule has 3 aliphatic heterocycles. The largest absolute Gasteiger partial charge is 0.368 e. The van der Waals surface area contributed by atoms with Crippen LogP contribution in [-0.2, 0) is 4.79 Å². The van der Waals surface area contributed by atoms with E-state index in [1.54, 1.807) is 0 Å². The lowest BCUT2D eigenvalue weighted by Crippen LogP contribution is -2.71. The highest BCUT2D eigenvalue weighted by Crippen LogP contribution is 2.37. The van der Waals surface area contributed by atoms with Crippen molar-refractivity contribution in [3.8, 4) is 0 Å². The number of nitrogens with one attached hydrogen (secondary N) is 1. The van der Waals surface area contributed by atoms with Crippen molar-refractivity contribution in [2.45, 2.75) is 31.2 Å². The van der Waals surface area contributed by atoms with E-state index in [0.717, 1.165) is 44.9 Å². The van der Waals surface area contributed by atoms with Gasteiger partial charge in [0.2, 0.25) is 5.91 Å². The maximum absolute atomic E-state index is 11.8. The Kier molecular flexibility index (Phi) is 2.44. The fourth-order valence-corrected chi connectivity index (χ4v) is 3.28. The van der Waals surface area contributed by atoms with Crippen LogP contribution in [0.1, 0.15) is 25.7 Å². The first-order valence-electron chi connectivity index (χ1n) is 6.48. The highest BCUT2D eigenvalue weighted by molar-refractivity contribution is 5.85. The molecule has 0 spiro atoms. The molecule has 1 amide bonds. The Morgan fingerprint density at radius 2 is 2.00 bits per heavy atom. The average molecular weight is 223 g/mol. The summed E-state index contributed by atoms with van der Waals surface area (Å²) in [6.45, 7) is 4.10. The molecular formula is C12H21N3O. The summed E-state index contributed by atoms with van der Waals surface area (Å²) < 4.78 is 0. The molecular weight excluding hydrogens is 202 g/mol. The number of primary amides is 1. The van der Waals surface area contributed by atoms with Crippen LogP contribution in [0.4, 0.5) is 0 Å². The van der Waals surface area contributed by atoms with E-state index in [1.807, 2.05) is 0 Å². The number of piperidine rings is 3. The van der Waals surface area contributed by atoms with Gasteiger partial charge >= 0.3 is 0 Å². The molecule has 0 aromatic heterocycles. The van der Waals surface area contributed by atoms with Gasteiger partial charge in [-0.1, -0.05) is 0 Å². The summed E-state index contributed by atoms with van der Waals surface area (Å²) in [5.74, 6) is 1.13. The lowest BCUT2D eigenvalue weighted by Gasteiger charge is -2.52. The predicted octanol–water partition coefficient (Wildman–Crippen LogP) is -0.0643. The second-order valence-corrected chi connectivity index (χ2v) is 5.71. The maximum Gasteiger partial charge on any atom is 0.239 e. The molecule has 0 aromatic rings. The Morgan fingerprint density at radius 1 is 1.31 bits per heavy atom. The number of carbonyl (C=O) groups excluding carboxylic acids is 1. The average Bonchev–Trinajstić information content (AvgIpc) is 3.11. The summed E-state index contributed by atoms with van der Waals surface area (Å²) in [5, 5.41) is 3.51. The van der Waals surface area contributed by atoms with Gasteiger partial charge in [0.05, 0.1) is 0 Å². The molecule has 1 unspecified atom stereocenters. The molecule has 0 radical (unpaired) electrons. The van der Waals surface area contributed by atoms with Gasteiger partial charge in [-0.25, -0.2) is 0 Å². The summed E-state index contributed by atoms with van der Waals surface area (Å²) in [7, 11) is 0. The van der Waals surface area contributed by atoms with Crippen LogP contribution in [0.15, 0.2) is 0 Å².